The summed E-state index contributed by atoms with van der Waals surface area (Å²) in [5.41, 5.74) is 0.657. The summed E-state index contributed by atoms with van der Waals surface area (Å²) in [6.07, 6.45) is 1.35. The van der Waals surface area contributed by atoms with Crippen molar-refractivity contribution >= 4 is 18.0 Å². The number of carbonyl (C=O) groups excluding carboxylic acids is 1. The molecule has 1 N–H and O–H groups in total. The number of hydrogen-bond acceptors (Lipinski definition) is 5. The Hall–Kier alpha value is -0.810. The van der Waals surface area contributed by atoms with Crippen LogP contribution in [0, 0.1) is 0 Å². The van der Waals surface area contributed by atoms with Crippen LogP contribution in [0.2, 0.25) is 0 Å². The lowest BCUT2D eigenvalue weighted by Crippen LogP contribution is -2.11. The van der Waals surface area contributed by atoms with Crippen molar-refractivity contribution in [1.29, 1.82) is 0 Å². The third-order valence-corrected chi connectivity index (χ3v) is 1.50. The summed E-state index contributed by atoms with van der Waals surface area (Å²) in [4.78, 5) is 9.94. The van der Waals surface area contributed by atoms with E-state index >= 15 is 0 Å². The Morgan fingerprint density at radius 2 is 2.70 bits per heavy atom. The van der Waals surface area contributed by atoms with Gasteiger partial charge in [-0.05, 0) is 0 Å². The molecule has 1 rings (SSSR count). The van der Waals surface area contributed by atoms with Crippen molar-refractivity contribution in [3.05, 3.63) is 11.9 Å². The maximum atomic E-state index is 9.94. The summed E-state index contributed by atoms with van der Waals surface area (Å²) in [5.74, 6) is 0. The van der Waals surface area contributed by atoms with E-state index in [1.165, 1.54) is 6.20 Å². The molecule has 0 aliphatic heterocycles. The average molecular weight is 158 g/mol. The third-order valence-electron chi connectivity index (χ3n) is 0.982. The molecule has 0 saturated carbocycles. The monoisotopic (exact) mass is 158 g/mol. The predicted octanol–water partition coefficient (Wildman–Crippen LogP) is -0.360. The van der Waals surface area contributed by atoms with Gasteiger partial charge in [-0.1, -0.05) is 0 Å². The molecule has 10 heavy (non-hydrogen) atoms. The first-order chi connectivity index (χ1) is 4.83. The number of carbonyl (C=O) groups is 1. The fourth-order valence-electron chi connectivity index (χ4n) is 0.536. The molecule has 0 saturated heterocycles. The molecule has 54 valence electrons. The Kier molecular flexibility index (Phi) is 2.47. The highest BCUT2D eigenvalue weighted by Gasteiger charge is 2.04. The van der Waals surface area contributed by atoms with Crippen LogP contribution in [-0.4, -0.2) is 26.2 Å². The molecule has 0 amide bonds. The normalized spacial score (nSPS) is 12.9. The maximum absolute atomic E-state index is 9.94. The average Bonchev–Trinajstić information content (AvgIpc) is 2.40. The van der Waals surface area contributed by atoms with Crippen LogP contribution in [-0.2, 0) is 11.2 Å². The van der Waals surface area contributed by atoms with Gasteiger partial charge in [-0.15, -0.1) is 0 Å². The highest BCUT2D eigenvalue weighted by Crippen LogP contribution is 1.98. The van der Waals surface area contributed by atoms with E-state index < -0.39 is 6.10 Å². The van der Waals surface area contributed by atoms with Crippen molar-refractivity contribution in [2.24, 2.45) is 0 Å². The standard InChI is InChI=1S/C5H6N2O2S/c8-3-5(9)1-4-2-6-10-7-4/h2-3,5,9H,1H2. The number of nitrogens with zero attached hydrogens (tertiary/aromatic N) is 2. The fourth-order valence-corrected chi connectivity index (χ4v) is 0.979. The second-order valence-corrected chi connectivity index (χ2v) is 2.36. The van der Waals surface area contributed by atoms with E-state index in [9.17, 15) is 4.79 Å². The van der Waals surface area contributed by atoms with Gasteiger partial charge in [-0.3, -0.25) is 0 Å². The summed E-state index contributed by atoms with van der Waals surface area (Å²) in [7, 11) is 0. The van der Waals surface area contributed by atoms with Gasteiger partial charge < -0.3 is 9.90 Å². The van der Waals surface area contributed by atoms with E-state index in [1.54, 1.807) is 0 Å². The summed E-state index contributed by atoms with van der Waals surface area (Å²) >= 11 is 1.07. The summed E-state index contributed by atoms with van der Waals surface area (Å²) in [5, 5.41) is 8.80. The number of aliphatic hydroxyl groups is 1. The highest BCUT2D eigenvalue weighted by atomic mass is 32.1. The minimum Gasteiger partial charge on any atom is -0.385 e. The summed E-state index contributed by atoms with van der Waals surface area (Å²) in [6, 6.07) is 0. The molecule has 1 heterocycles. The van der Waals surface area contributed by atoms with Crippen molar-refractivity contribution in [3.63, 3.8) is 0 Å². The van der Waals surface area contributed by atoms with E-state index in [4.69, 9.17) is 5.11 Å². The van der Waals surface area contributed by atoms with Crippen LogP contribution in [0.4, 0.5) is 0 Å². The van der Waals surface area contributed by atoms with Crippen LogP contribution in [0.5, 0.6) is 0 Å². The Bertz CT molecular complexity index is 199. The third kappa shape index (κ3) is 1.85. The molecule has 0 bridgehead atoms. The van der Waals surface area contributed by atoms with Crippen LogP contribution in [0.3, 0.4) is 0 Å². The zero-order chi connectivity index (χ0) is 7.40. The molecule has 1 atom stereocenters. The van der Waals surface area contributed by atoms with E-state index in [-0.39, 0.29) is 6.42 Å². The largest absolute Gasteiger partial charge is 0.385 e. The van der Waals surface area contributed by atoms with E-state index in [0.717, 1.165) is 11.7 Å². The van der Waals surface area contributed by atoms with Gasteiger partial charge in [0.1, 0.15) is 12.4 Å². The molecule has 1 unspecified atom stereocenters. The first-order valence-electron chi connectivity index (χ1n) is 2.72. The SMILES string of the molecule is O=CC(O)Cc1cnsn1. The topological polar surface area (TPSA) is 63.1 Å². The van der Waals surface area contributed by atoms with Gasteiger partial charge in [0, 0.05) is 6.42 Å². The van der Waals surface area contributed by atoms with Gasteiger partial charge >= 0.3 is 0 Å². The van der Waals surface area contributed by atoms with Gasteiger partial charge in [0.05, 0.1) is 23.6 Å². The number of aldehydes is 1. The van der Waals surface area contributed by atoms with Gasteiger partial charge in [0.25, 0.3) is 0 Å². The molecule has 5 heteroatoms. The number of rotatable bonds is 3. The molecule has 0 fully saturated rings. The lowest BCUT2D eigenvalue weighted by molar-refractivity contribution is -0.114. The Balaban J connectivity index is 2.47. The van der Waals surface area contributed by atoms with E-state index in [1.807, 2.05) is 0 Å². The van der Waals surface area contributed by atoms with Gasteiger partial charge in [-0.25, -0.2) is 0 Å². The smallest absolute Gasteiger partial charge is 0.148 e. The van der Waals surface area contributed by atoms with Crippen LogP contribution in [0.1, 0.15) is 5.69 Å². The van der Waals surface area contributed by atoms with Crippen LogP contribution < -0.4 is 0 Å². The molecular weight excluding hydrogens is 152 g/mol. The second-order valence-electron chi connectivity index (χ2n) is 1.81. The zero-order valence-corrected chi connectivity index (χ0v) is 5.91. The van der Waals surface area contributed by atoms with Crippen molar-refractivity contribution in [2.45, 2.75) is 12.5 Å². The number of aromatic nitrogens is 2. The second kappa shape index (κ2) is 3.38. The summed E-state index contributed by atoms with van der Waals surface area (Å²) in [6.45, 7) is 0. The molecule has 0 aliphatic rings. The molecule has 1 aromatic heterocycles. The molecule has 0 aliphatic carbocycles. The minimum absolute atomic E-state index is 0.264. The van der Waals surface area contributed by atoms with Crippen molar-refractivity contribution in [1.82, 2.24) is 8.75 Å². The van der Waals surface area contributed by atoms with E-state index in [2.05, 4.69) is 8.75 Å². The Morgan fingerprint density at radius 1 is 1.90 bits per heavy atom. The van der Waals surface area contributed by atoms with E-state index in [0.29, 0.717) is 12.0 Å². The number of aliphatic hydroxyl groups excluding tert-OH is 1. The maximum Gasteiger partial charge on any atom is 0.148 e. The van der Waals surface area contributed by atoms with Crippen molar-refractivity contribution in [2.75, 3.05) is 0 Å². The molecule has 0 aromatic carbocycles. The first-order valence-corrected chi connectivity index (χ1v) is 3.45. The quantitative estimate of drug-likeness (QED) is 0.610. The van der Waals surface area contributed by atoms with Gasteiger partial charge in [0.15, 0.2) is 0 Å². The highest BCUT2D eigenvalue weighted by molar-refractivity contribution is 6.99. The lowest BCUT2D eigenvalue weighted by atomic mass is 10.2. The molecule has 1 aromatic rings. The molecule has 4 nitrogen and oxygen atoms in total. The van der Waals surface area contributed by atoms with Crippen molar-refractivity contribution < 1.29 is 9.90 Å². The lowest BCUT2D eigenvalue weighted by Gasteiger charge is -1.95. The zero-order valence-electron chi connectivity index (χ0n) is 5.10. The molecule has 0 spiro atoms. The van der Waals surface area contributed by atoms with Crippen LogP contribution in [0.15, 0.2) is 6.20 Å². The van der Waals surface area contributed by atoms with Crippen LogP contribution >= 0.6 is 11.7 Å². The van der Waals surface area contributed by atoms with Crippen LogP contribution in [0.25, 0.3) is 0 Å². The fraction of sp³-hybridized carbons (Fsp3) is 0.400. The van der Waals surface area contributed by atoms with Gasteiger partial charge in [0.2, 0.25) is 0 Å². The first kappa shape index (κ1) is 7.30. The minimum atomic E-state index is -0.941. The predicted molar refractivity (Wildman–Crippen MR) is 35.7 cm³/mol. The molecule has 0 radical (unpaired) electrons. The number of hydrogen-bond donors (Lipinski definition) is 1. The Labute approximate surface area is 61.8 Å². The Morgan fingerprint density at radius 3 is 3.20 bits per heavy atom. The molecular formula is C5H6N2O2S. The van der Waals surface area contributed by atoms with Crippen molar-refractivity contribution in [3.8, 4) is 0 Å². The summed E-state index contributed by atoms with van der Waals surface area (Å²) < 4.78 is 7.53. The van der Waals surface area contributed by atoms with Gasteiger partial charge in [-0.2, -0.15) is 8.75 Å².